The van der Waals surface area contributed by atoms with Crippen molar-refractivity contribution in [3.8, 4) is 11.8 Å². The van der Waals surface area contributed by atoms with E-state index in [1.54, 1.807) is 12.1 Å². The van der Waals surface area contributed by atoms with Gasteiger partial charge in [-0.25, -0.2) is 0 Å². The molecule has 0 aromatic heterocycles. The number of hydrogen-bond donors (Lipinski definition) is 2. The highest BCUT2D eigenvalue weighted by Gasteiger charge is 2.07. The van der Waals surface area contributed by atoms with Crippen molar-refractivity contribution < 1.29 is 5.11 Å². The van der Waals surface area contributed by atoms with Crippen molar-refractivity contribution in [2.24, 2.45) is 0 Å². The summed E-state index contributed by atoms with van der Waals surface area (Å²) in [4.78, 5) is 0. The molecule has 96 valence electrons. The molecule has 0 saturated carbocycles. The number of aromatic hydroxyl groups is 1. The molecule has 3 nitrogen and oxygen atoms in total. The van der Waals surface area contributed by atoms with Crippen molar-refractivity contribution in [1.29, 1.82) is 5.26 Å². The summed E-state index contributed by atoms with van der Waals surface area (Å²) in [6, 6.07) is 17.0. The number of benzene rings is 2. The minimum absolute atomic E-state index is 0.110. The van der Waals surface area contributed by atoms with Crippen molar-refractivity contribution in [2.45, 2.75) is 19.5 Å². The Kier molecular flexibility index (Phi) is 4.17. The molecular weight excluding hydrogens is 236 g/mol. The van der Waals surface area contributed by atoms with Gasteiger partial charge in [0.05, 0.1) is 11.6 Å². The summed E-state index contributed by atoms with van der Waals surface area (Å²) in [7, 11) is 0. The molecule has 0 aliphatic heterocycles. The van der Waals surface area contributed by atoms with Crippen LogP contribution in [0.2, 0.25) is 0 Å². The topological polar surface area (TPSA) is 56.0 Å². The van der Waals surface area contributed by atoms with Crippen LogP contribution in [0.3, 0.4) is 0 Å². The Morgan fingerprint density at radius 1 is 1.21 bits per heavy atom. The SMILES string of the molecule is CC(NCc1ccccc1C#N)c1cccc(O)c1. The minimum atomic E-state index is 0.110. The molecule has 0 saturated heterocycles. The van der Waals surface area contributed by atoms with Crippen LogP contribution >= 0.6 is 0 Å². The van der Waals surface area contributed by atoms with Gasteiger partial charge in [-0.1, -0.05) is 30.3 Å². The molecule has 0 amide bonds. The number of nitrogens with zero attached hydrogens (tertiary/aromatic N) is 1. The van der Waals surface area contributed by atoms with Crippen LogP contribution in [0, 0.1) is 11.3 Å². The highest BCUT2D eigenvalue weighted by Crippen LogP contribution is 2.18. The van der Waals surface area contributed by atoms with E-state index in [1.807, 2.05) is 43.3 Å². The summed E-state index contributed by atoms with van der Waals surface area (Å²) in [5.41, 5.74) is 2.70. The lowest BCUT2D eigenvalue weighted by atomic mass is 10.1. The van der Waals surface area contributed by atoms with Crippen LogP contribution in [-0.2, 0) is 6.54 Å². The van der Waals surface area contributed by atoms with E-state index in [0.29, 0.717) is 12.1 Å². The smallest absolute Gasteiger partial charge is 0.115 e. The minimum Gasteiger partial charge on any atom is -0.508 e. The van der Waals surface area contributed by atoms with Crippen molar-refractivity contribution in [3.05, 3.63) is 65.2 Å². The Hall–Kier alpha value is -2.31. The number of phenols is 1. The molecule has 0 aliphatic rings. The lowest BCUT2D eigenvalue weighted by Gasteiger charge is -2.15. The zero-order chi connectivity index (χ0) is 13.7. The second kappa shape index (κ2) is 6.03. The highest BCUT2D eigenvalue weighted by molar-refractivity contribution is 5.37. The summed E-state index contributed by atoms with van der Waals surface area (Å²) in [5, 5.41) is 21.8. The molecule has 1 unspecified atom stereocenters. The second-order valence-electron chi connectivity index (χ2n) is 4.47. The van der Waals surface area contributed by atoms with E-state index in [2.05, 4.69) is 11.4 Å². The molecule has 2 aromatic rings. The third kappa shape index (κ3) is 3.34. The Morgan fingerprint density at radius 3 is 2.74 bits per heavy atom. The Labute approximate surface area is 113 Å². The fraction of sp³-hybridized carbons (Fsp3) is 0.188. The summed E-state index contributed by atoms with van der Waals surface area (Å²) in [6.45, 7) is 2.66. The van der Waals surface area contributed by atoms with Crippen molar-refractivity contribution in [1.82, 2.24) is 5.32 Å². The molecule has 0 bridgehead atoms. The van der Waals surface area contributed by atoms with Gasteiger partial charge in [0.2, 0.25) is 0 Å². The van der Waals surface area contributed by atoms with E-state index in [4.69, 9.17) is 5.26 Å². The second-order valence-corrected chi connectivity index (χ2v) is 4.47. The largest absolute Gasteiger partial charge is 0.508 e. The molecule has 1 atom stereocenters. The lowest BCUT2D eigenvalue weighted by molar-refractivity contribution is 0.472. The predicted molar refractivity (Wildman–Crippen MR) is 74.5 cm³/mol. The number of nitriles is 1. The van der Waals surface area contributed by atoms with Crippen LogP contribution in [-0.4, -0.2) is 5.11 Å². The summed E-state index contributed by atoms with van der Waals surface area (Å²) in [5.74, 6) is 0.267. The predicted octanol–water partition coefficient (Wildman–Crippen LogP) is 3.11. The number of phenolic OH excluding ortho intramolecular Hbond substituents is 1. The molecule has 19 heavy (non-hydrogen) atoms. The Bertz CT molecular complexity index is 602. The molecule has 0 heterocycles. The average molecular weight is 252 g/mol. The van der Waals surface area contributed by atoms with E-state index in [0.717, 1.165) is 11.1 Å². The van der Waals surface area contributed by atoms with Crippen LogP contribution in [0.15, 0.2) is 48.5 Å². The fourth-order valence-corrected chi connectivity index (χ4v) is 1.96. The first-order valence-electron chi connectivity index (χ1n) is 6.21. The molecular formula is C16H16N2O. The quantitative estimate of drug-likeness (QED) is 0.879. The van der Waals surface area contributed by atoms with Crippen LogP contribution in [0.1, 0.15) is 29.7 Å². The first-order chi connectivity index (χ1) is 9.20. The first-order valence-corrected chi connectivity index (χ1v) is 6.21. The van der Waals surface area contributed by atoms with Gasteiger partial charge in [-0.2, -0.15) is 5.26 Å². The van der Waals surface area contributed by atoms with Gasteiger partial charge >= 0.3 is 0 Å². The van der Waals surface area contributed by atoms with Crippen LogP contribution < -0.4 is 5.32 Å². The van der Waals surface area contributed by atoms with Gasteiger partial charge in [0.1, 0.15) is 5.75 Å². The molecule has 0 aliphatic carbocycles. The molecule has 0 fully saturated rings. The van der Waals surface area contributed by atoms with Gasteiger partial charge in [0.15, 0.2) is 0 Å². The molecule has 0 radical (unpaired) electrons. The molecule has 2 rings (SSSR count). The van der Waals surface area contributed by atoms with Crippen LogP contribution in [0.5, 0.6) is 5.75 Å². The Morgan fingerprint density at radius 2 is 2.00 bits per heavy atom. The monoisotopic (exact) mass is 252 g/mol. The zero-order valence-electron chi connectivity index (χ0n) is 10.8. The summed E-state index contributed by atoms with van der Waals surface area (Å²) in [6.07, 6.45) is 0. The maximum atomic E-state index is 9.46. The summed E-state index contributed by atoms with van der Waals surface area (Å²) < 4.78 is 0. The zero-order valence-corrected chi connectivity index (χ0v) is 10.8. The Balaban J connectivity index is 2.05. The van der Waals surface area contributed by atoms with Gasteiger partial charge in [0.25, 0.3) is 0 Å². The van der Waals surface area contributed by atoms with Gasteiger partial charge in [-0.3, -0.25) is 0 Å². The standard InChI is InChI=1S/C16H16N2O/c1-12(13-7-4-8-16(19)9-13)18-11-15-6-3-2-5-14(15)10-17/h2-9,12,18-19H,11H2,1H3. The van der Waals surface area contributed by atoms with Crippen molar-refractivity contribution in [3.63, 3.8) is 0 Å². The third-order valence-corrected chi connectivity index (χ3v) is 3.11. The van der Waals surface area contributed by atoms with E-state index < -0.39 is 0 Å². The molecule has 3 heteroatoms. The maximum Gasteiger partial charge on any atom is 0.115 e. The maximum absolute atomic E-state index is 9.46. The van der Waals surface area contributed by atoms with Gasteiger partial charge in [-0.05, 0) is 36.2 Å². The van der Waals surface area contributed by atoms with Crippen molar-refractivity contribution >= 4 is 0 Å². The summed E-state index contributed by atoms with van der Waals surface area (Å²) >= 11 is 0. The van der Waals surface area contributed by atoms with Crippen LogP contribution in [0.4, 0.5) is 0 Å². The number of hydrogen-bond acceptors (Lipinski definition) is 3. The van der Waals surface area contributed by atoms with Gasteiger partial charge in [0, 0.05) is 12.6 Å². The highest BCUT2D eigenvalue weighted by atomic mass is 16.3. The third-order valence-electron chi connectivity index (χ3n) is 3.11. The number of nitrogens with one attached hydrogen (secondary N) is 1. The van der Waals surface area contributed by atoms with Gasteiger partial charge in [-0.15, -0.1) is 0 Å². The molecule has 2 aromatic carbocycles. The average Bonchev–Trinajstić information content (AvgIpc) is 2.45. The van der Waals surface area contributed by atoms with Gasteiger partial charge < -0.3 is 10.4 Å². The number of rotatable bonds is 4. The fourth-order valence-electron chi connectivity index (χ4n) is 1.96. The van der Waals surface area contributed by atoms with Crippen molar-refractivity contribution in [2.75, 3.05) is 0 Å². The van der Waals surface area contributed by atoms with Crippen LogP contribution in [0.25, 0.3) is 0 Å². The van der Waals surface area contributed by atoms with E-state index in [9.17, 15) is 5.11 Å². The van der Waals surface area contributed by atoms with E-state index >= 15 is 0 Å². The van der Waals surface area contributed by atoms with E-state index in [-0.39, 0.29) is 11.8 Å². The first kappa shape index (κ1) is 13.1. The normalized spacial score (nSPS) is 11.8. The molecule has 2 N–H and O–H groups in total. The lowest BCUT2D eigenvalue weighted by Crippen LogP contribution is -2.18. The molecule has 0 spiro atoms. The van der Waals surface area contributed by atoms with E-state index in [1.165, 1.54) is 0 Å².